The van der Waals surface area contributed by atoms with Gasteiger partial charge in [0.2, 0.25) is 6.41 Å². The Morgan fingerprint density at radius 2 is 1.50 bits per heavy atom. The van der Waals surface area contributed by atoms with Crippen molar-refractivity contribution in [1.29, 1.82) is 0 Å². The quantitative estimate of drug-likeness (QED) is 0.290. The fraction of sp³-hybridized carbons (Fsp3) is 0.667. The molecule has 0 aromatic carbocycles. The first-order valence-corrected chi connectivity index (χ1v) is 1.39. The van der Waals surface area contributed by atoms with Gasteiger partial charge < -0.3 is 27.4 Å². The average molecular weight is 178 g/mol. The summed E-state index contributed by atoms with van der Waals surface area (Å²) in [6.45, 7) is 0. The van der Waals surface area contributed by atoms with E-state index in [9.17, 15) is 4.79 Å². The molecule has 0 saturated carbocycles. The molecule has 0 aromatic heterocycles. The number of nitrogens with zero attached hydrogens (tertiary/aromatic N) is 1. The van der Waals surface area contributed by atoms with Crippen LogP contribution < -0.4 is 35.8 Å². The number of rotatable bonds is 1. The van der Waals surface area contributed by atoms with Crippen LogP contribution in [0.5, 0.6) is 0 Å². The molecule has 0 rings (SSSR count). The molecule has 0 atom stereocenters. The van der Waals surface area contributed by atoms with Crippen molar-refractivity contribution in [3.63, 3.8) is 0 Å². The van der Waals surface area contributed by atoms with Gasteiger partial charge >= 0.3 is 18.9 Å². The summed E-state index contributed by atoms with van der Waals surface area (Å²) in [5.74, 6) is 0. The molecular formula is C3H9BrLiNO2. The van der Waals surface area contributed by atoms with Crippen molar-refractivity contribution in [2.75, 3.05) is 14.1 Å². The van der Waals surface area contributed by atoms with Crippen molar-refractivity contribution >= 4 is 6.41 Å². The minimum absolute atomic E-state index is 0. The number of carbonyl (C=O) groups is 1. The number of hydrogen-bond donors (Lipinski definition) is 0. The maximum absolute atomic E-state index is 9.43. The van der Waals surface area contributed by atoms with E-state index in [2.05, 4.69) is 0 Å². The van der Waals surface area contributed by atoms with Crippen molar-refractivity contribution in [2.24, 2.45) is 0 Å². The second kappa shape index (κ2) is 15.6. The van der Waals surface area contributed by atoms with Crippen LogP contribution in [0.4, 0.5) is 0 Å². The molecule has 5 heteroatoms. The molecule has 46 valence electrons. The fourth-order valence-electron chi connectivity index (χ4n) is 0. The second-order valence-corrected chi connectivity index (χ2v) is 1.07. The molecule has 1 amide bonds. The Kier molecular flexibility index (Phi) is 46.2. The van der Waals surface area contributed by atoms with Gasteiger partial charge in [-0.15, -0.1) is 0 Å². The topological polar surface area (TPSA) is 51.8 Å². The summed E-state index contributed by atoms with van der Waals surface area (Å²) in [6, 6.07) is 0. The molecule has 0 aliphatic heterocycles. The van der Waals surface area contributed by atoms with Crippen molar-refractivity contribution in [3.05, 3.63) is 0 Å². The molecule has 0 aliphatic rings. The molecule has 0 spiro atoms. The standard InChI is InChI=1S/C3H7NO.BrH.Li.H2O/c1-4(2)3-5;;;/h3H,1-2H3;1H;;1H2/q;;+1;/p-1. The van der Waals surface area contributed by atoms with Crippen molar-refractivity contribution < 1.29 is 46.1 Å². The van der Waals surface area contributed by atoms with Gasteiger partial charge in [-0.1, -0.05) is 0 Å². The van der Waals surface area contributed by atoms with Gasteiger partial charge in [0.05, 0.1) is 0 Å². The zero-order valence-corrected chi connectivity index (χ0v) is 6.90. The number of carbonyl (C=O) groups excluding carboxylic acids is 1. The maximum atomic E-state index is 9.43. The molecule has 3 nitrogen and oxygen atoms in total. The molecule has 0 fully saturated rings. The first kappa shape index (κ1) is 23.6. The molecule has 0 unspecified atom stereocenters. The van der Waals surface area contributed by atoms with Gasteiger partial charge in [0.1, 0.15) is 0 Å². The van der Waals surface area contributed by atoms with E-state index in [-0.39, 0.29) is 41.3 Å². The van der Waals surface area contributed by atoms with Gasteiger partial charge in [-0.25, -0.2) is 0 Å². The molecule has 0 aromatic rings. The smallest absolute Gasteiger partial charge is 1.00 e. The van der Waals surface area contributed by atoms with Gasteiger partial charge in [0.15, 0.2) is 0 Å². The molecule has 0 radical (unpaired) electrons. The zero-order chi connectivity index (χ0) is 4.28. The third kappa shape index (κ3) is 31.4. The van der Waals surface area contributed by atoms with E-state index in [4.69, 9.17) is 0 Å². The zero-order valence-electron chi connectivity index (χ0n) is 5.31. The van der Waals surface area contributed by atoms with Crippen LogP contribution in [-0.4, -0.2) is 30.9 Å². The molecular weight excluding hydrogens is 169 g/mol. The van der Waals surface area contributed by atoms with Crippen LogP contribution in [0.25, 0.3) is 0 Å². The van der Waals surface area contributed by atoms with Crippen LogP contribution in [0.2, 0.25) is 0 Å². The van der Waals surface area contributed by atoms with Gasteiger partial charge in [-0.2, -0.15) is 0 Å². The van der Waals surface area contributed by atoms with Gasteiger partial charge in [0, 0.05) is 14.1 Å². The Morgan fingerprint density at radius 1 is 1.38 bits per heavy atom. The van der Waals surface area contributed by atoms with Crippen LogP contribution >= 0.6 is 0 Å². The summed E-state index contributed by atoms with van der Waals surface area (Å²) in [5, 5.41) is 0. The van der Waals surface area contributed by atoms with Gasteiger partial charge in [0.25, 0.3) is 0 Å². The monoisotopic (exact) mass is 177 g/mol. The number of amides is 1. The predicted molar refractivity (Wildman–Crippen MR) is 23.4 cm³/mol. The minimum atomic E-state index is 0. The Labute approximate surface area is 71.7 Å². The third-order valence-corrected chi connectivity index (χ3v) is 0.211. The van der Waals surface area contributed by atoms with E-state index in [0.717, 1.165) is 6.41 Å². The van der Waals surface area contributed by atoms with Crippen LogP contribution in [0, 0.1) is 0 Å². The first-order chi connectivity index (χ1) is 2.27. The Hall–Kier alpha value is 0.507. The summed E-state index contributed by atoms with van der Waals surface area (Å²) >= 11 is 0. The van der Waals surface area contributed by atoms with Gasteiger partial charge in [-0.3, -0.25) is 4.79 Å². The van der Waals surface area contributed by atoms with Crippen LogP contribution in [0.1, 0.15) is 0 Å². The number of halogens is 1. The Morgan fingerprint density at radius 3 is 1.50 bits per heavy atom. The third-order valence-electron chi connectivity index (χ3n) is 0.211. The molecule has 0 aliphatic carbocycles. The Balaban J connectivity index is -0.0000000267. The minimum Gasteiger partial charge on any atom is -1.00 e. The SMILES string of the molecule is CN(C)C=O.O.[Br-].[Li+]. The molecule has 8 heavy (non-hydrogen) atoms. The molecule has 0 saturated heterocycles. The van der Waals surface area contributed by atoms with E-state index in [0.29, 0.717) is 0 Å². The molecule has 0 bridgehead atoms. The largest absolute Gasteiger partial charge is 1.00 e. The maximum Gasteiger partial charge on any atom is 1.00 e. The summed E-state index contributed by atoms with van der Waals surface area (Å²) in [6.07, 6.45) is 0.750. The first-order valence-electron chi connectivity index (χ1n) is 1.39. The van der Waals surface area contributed by atoms with Gasteiger partial charge in [-0.05, 0) is 0 Å². The normalized spacial score (nSPS) is 4.25. The molecule has 0 heterocycles. The van der Waals surface area contributed by atoms with E-state index in [1.54, 1.807) is 14.1 Å². The van der Waals surface area contributed by atoms with Crippen molar-refractivity contribution in [3.8, 4) is 0 Å². The summed E-state index contributed by atoms with van der Waals surface area (Å²) in [7, 11) is 3.38. The molecule has 2 N–H and O–H groups in total. The van der Waals surface area contributed by atoms with Crippen molar-refractivity contribution in [2.45, 2.75) is 0 Å². The van der Waals surface area contributed by atoms with E-state index in [1.165, 1.54) is 4.90 Å². The van der Waals surface area contributed by atoms with E-state index in [1.807, 2.05) is 0 Å². The summed E-state index contributed by atoms with van der Waals surface area (Å²) in [4.78, 5) is 10.9. The van der Waals surface area contributed by atoms with E-state index >= 15 is 0 Å². The second-order valence-electron chi connectivity index (χ2n) is 1.07. The van der Waals surface area contributed by atoms with E-state index < -0.39 is 0 Å². The van der Waals surface area contributed by atoms with Crippen LogP contribution in [0.3, 0.4) is 0 Å². The van der Waals surface area contributed by atoms with Crippen molar-refractivity contribution in [1.82, 2.24) is 4.90 Å². The number of hydrogen-bond acceptors (Lipinski definition) is 1. The average Bonchev–Trinajstić information content (AvgIpc) is 1.38. The predicted octanol–water partition coefficient (Wildman–Crippen LogP) is -7.11. The Bertz CT molecular complexity index is 44.3. The van der Waals surface area contributed by atoms with Crippen LogP contribution in [-0.2, 0) is 4.79 Å². The fourth-order valence-corrected chi connectivity index (χ4v) is 0. The summed E-state index contributed by atoms with van der Waals surface area (Å²) < 4.78 is 0. The summed E-state index contributed by atoms with van der Waals surface area (Å²) in [5.41, 5.74) is 0. The van der Waals surface area contributed by atoms with Crippen LogP contribution in [0.15, 0.2) is 0 Å².